The van der Waals surface area contributed by atoms with Gasteiger partial charge in [-0.2, -0.15) is 5.10 Å². The number of methoxy groups -OCH3 is 1. The van der Waals surface area contributed by atoms with E-state index in [0.717, 1.165) is 23.9 Å². The summed E-state index contributed by atoms with van der Waals surface area (Å²) in [5.74, 6) is 1.22. The minimum absolute atomic E-state index is 0.254. The number of furan rings is 1. The summed E-state index contributed by atoms with van der Waals surface area (Å²) in [7, 11) is 1.67. The highest BCUT2D eigenvalue weighted by Crippen LogP contribution is 2.23. The molecular formula is C18H22N4O3. The molecule has 2 heterocycles. The molecule has 1 unspecified atom stereocenters. The third-order valence-electron chi connectivity index (χ3n) is 3.84. The maximum Gasteiger partial charge on any atom is 0.321 e. The maximum absolute atomic E-state index is 12.1. The highest BCUT2D eigenvalue weighted by Gasteiger charge is 2.14. The van der Waals surface area contributed by atoms with Crippen molar-refractivity contribution < 1.29 is 13.9 Å². The van der Waals surface area contributed by atoms with Crippen LogP contribution in [0.2, 0.25) is 0 Å². The Bertz CT molecular complexity index is 807. The summed E-state index contributed by atoms with van der Waals surface area (Å²) in [6.45, 7) is 3.30. The van der Waals surface area contributed by atoms with Crippen molar-refractivity contribution in [3.05, 3.63) is 48.4 Å². The van der Waals surface area contributed by atoms with Crippen LogP contribution in [0.5, 0.6) is 0 Å². The van der Waals surface area contributed by atoms with Gasteiger partial charge in [0.05, 0.1) is 6.04 Å². The van der Waals surface area contributed by atoms with Crippen molar-refractivity contribution in [2.75, 3.05) is 19.0 Å². The normalized spacial score (nSPS) is 12.2. The first-order chi connectivity index (χ1) is 12.2. The molecule has 0 spiro atoms. The van der Waals surface area contributed by atoms with E-state index in [1.807, 2.05) is 43.5 Å². The van der Waals surface area contributed by atoms with Crippen LogP contribution >= 0.6 is 0 Å². The molecule has 0 bridgehead atoms. The van der Waals surface area contributed by atoms with E-state index in [0.29, 0.717) is 18.2 Å². The topological polar surface area (TPSA) is 81.3 Å². The SMILES string of the molecule is COCCCn1ccc(NC(=O)NC(C)c2cc3ccccc3o2)n1. The van der Waals surface area contributed by atoms with Gasteiger partial charge in [0.1, 0.15) is 11.3 Å². The molecule has 2 aromatic heterocycles. The summed E-state index contributed by atoms with van der Waals surface area (Å²) < 4.78 is 12.6. The molecule has 0 radical (unpaired) electrons. The second-order valence-corrected chi connectivity index (χ2v) is 5.82. The molecule has 3 rings (SSSR count). The van der Waals surface area contributed by atoms with E-state index < -0.39 is 0 Å². The number of carbonyl (C=O) groups excluding carboxylic acids is 1. The predicted octanol–water partition coefficient (Wildman–Crippen LogP) is 3.55. The van der Waals surface area contributed by atoms with Gasteiger partial charge in [0.2, 0.25) is 0 Å². The Kier molecular flexibility index (Phi) is 5.35. The molecule has 1 atom stereocenters. The number of aryl methyl sites for hydroxylation is 1. The van der Waals surface area contributed by atoms with E-state index in [1.165, 1.54) is 0 Å². The van der Waals surface area contributed by atoms with Gasteiger partial charge in [0.25, 0.3) is 0 Å². The van der Waals surface area contributed by atoms with E-state index in [9.17, 15) is 4.79 Å². The van der Waals surface area contributed by atoms with Crippen LogP contribution in [-0.4, -0.2) is 29.5 Å². The monoisotopic (exact) mass is 342 g/mol. The molecule has 7 heteroatoms. The largest absolute Gasteiger partial charge is 0.459 e. The average molecular weight is 342 g/mol. The molecule has 3 aromatic rings. The quantitative estimate of drug-likeness (QED) is 0.643. The zero-order valence-corrected chi connectivity index (χ0v) is 14.4. The summed E-state index contributed by atoms with van der Waals surface area (Å²) in [6, 6.07) is 10.9. The standard InChI is InChI=1S/C18H22N4O3/c1-13(16-12-14-6-3-4-7-15(14)25-16)19-18(23)20-17-8-10-22(21-17)9-5-11-24-2/h3-4,6-8,10,12-13H,5,9,11H2,1-2H3,(H2,19,20,21,23). The Morgan fingerprint density at radius 3 is 3.00 bits per heavy atom. The molecule has 0 aliphatic heterocycles. The Balaban J connectivity index is 1.54. The minimum atomic E-state index is -0.324. The Labute approximate surface area is 146 Å². The van der Waals surface area contributed by atoms with Crippen LogP contribution in [0.25, 0.3) is 11.0 Å². The van der Waals surface area contributed by atoms with Gasteiger partial charge in [-0.3, -0.25) is 10.00 Å². The van der Waals surface area contributed by atoms with Crippen molar-refractivity contribution in [1.29, 1.82) is 0 Å². The highest BCUT2D eigenvalue weighted by atomic mass is 16.5. The molecule has 2 N–H and O–H groups in total. The molecule has 7 nitrogen and oxygen atoms in total. The van der Waals surface area contributed by atoms with Crippen LogP contribution in [-0.2, 0) is 11.3 Å². The Morgan fingerprint density at radius 1 is 1.36 bits per heavy atom. The third-order valence-corrected chi connectivity index (χ3v) is 3.84. The van der Waals surface area contributed by atoms with E-state index >= 15 is 0 Å². The summed E-state index contributed by atoms with van der Waals surface area (Å²) in [5, 5.41) is 10.9. The number of carbonyl (C=O) groups is 1. The molecular weight excluding hydrogens is 320 g/mol. The Hall–Kier alpha value is -2.80. The molecule has 132 valence electrons. The number of nitrogens with one attached hydrogen (secondary N) is 2. The van der Waals surface area contributed by atoms with E-state index in [2.05, 4.69) is 15.7 Å². The summed E-state index contributed by atoms with van der Waals surface area (Å²) in [4.78, 5) is 12.1. The molecule has 0 aliphatic rings. The van der Waals surface area contributed by atoms with Crippen LogP contribution < -0.4 is 10.6 Å². The molecule has 0 aliphatic carbocycles. The van der Waals surface area contributed by atoms with Crippen molar-refractivity contribution in [2.24, 2.45) is 0 Å². The van der Waals surface area contributed by atoms with Gasteiger partial charge in [-0.15, -0.1) is 0 Å². The van der Waals surface area contributed by atoms with Crippen LogP contribution in [0.1, 0.15) is 25.1 Å². The van der Waals surface area contributed by atoms with Gasteiger partial charge in [-0.05, 0) is 25.5 Å². The smallest absolute Gasteiger partial charge is 0.321 e. The number of urea groups is 1. The summed E-state index contributed by atoms with van der Waals surface area (Å²) >= 11 is 0. The number of anilines is 1. The molecule has 0 saturated heterocycles. The number of aromatic nitrogens is 2. The van der Waals surface area contributed by atoms with E-state index in [-0.39, 0.29) is 12.1 Å². The van der Waals surface area contributed by atoms with Crippen LogP contribution in [0.4, 0.5) is 10.6 Å². The third kappa shape index (κ3) is 4.39. The molecule has 25 heavy (non-hydrogen) atoms. The van der Waals surface area contributed by atoms with Gasteiger partial charge in [-0.25, -0.2) is 4.79 Å². The zero-order valence-electron chi connectivity index (χ0n) is 14.4. The van der Waals surface area contributed by atoms with Gasteiger partial charge < -0.3 is 14.5 Å². The zero-order chi connectivity index (χ0) is 17.6. The van der Waals surface area contributed by atoms with E-state index in [4.69, 9.17) is 9.15 Å². The second-order valence-electron chi connectivity index (χ2n) is 5.82. The van der Waals surface area contributed by atoms with Crippen molar-refractivity contribution in [3.8, 4) is 0 Å². The van der Waals surface area contributed by atoms with Crippen LogP contribution in [0.3, 0.4) is 0 Å². The molecule has 0 fully saturated rings. The Morgan fingerprint density at radius 2 is 2.20 bits per heavy atom. The lowest BCUT2D eigenvalue weighted by molar-refractivity contribution is 0.189. The highest BCUT2D eigenvalue weighted by molar-refractivity contribution is 5.88. The second kappa shape index (κ2) is 7.85. The number of fused-ring (bicyclic) bond motifs is 1. The van der Waals surface area contributed by atoms with Crippen LogP contribution in [0.15, 0.2) is 47.0 Å². The van der Waals surface area contributed by atoms with Gasteiger partial charge in [0.15, 0.2) is 5.82 Å². The number of para-hydroxylation sites is 1. The lowest BCUT2D eigenvalue weighted by Crippen LogP contribution is -2.31. The first-order valence-electron chi connectivity index (χ1n) is 8.24. The van der Waals surface area contributed by atoms with Gasteiger partial charge >= 0.3 is 6.03 Å². The first kappa shape index (κ1) is 17.0. The predicted molar refractivity (Wildman–Crippen MR) is 95.5 cm³/mol. The first-order valence-corrected chi connectivity index (χ1v) is 8.24. The maximum atomic E-state index is 12.1. The van der Waals surface area contributed by atoms with E-state index in [1.54, 1.807) is 17.9 Å². The number of amides is 2. The molecule has 0 saturated carbocycles. The van der Waals surface area contributed by atoms with Crippen molar-refractivity contribution >= 4 is 22.8 Å². The number of benzene rings is 1. The number of ether oxygens (including phenoxy) is 1. The average Bonchev–Trinajstić information content (AvgIpc) is 3.21. The minimum Gasteiger partial charge on any atom is -0.459 e. The van der Waals surface area contributed by atoms with Crippen molar-refractivity contribution in [3.63, 3.8) is 0 Å². The molecule has 2 amide bonds. The molecule has 1 aromatic carbocycles. The number of hydrogen-bond donors (Lipinski definition) is 2. The van der Waals surface area contributed by atoms with Crippen LogP contribution in [0, 0.1) is 0 Å². The fraction of sp³-hybridized carbons (Fsp3) is 0.333. The van der Waals surface area contributed by atoms with Gasteiger partial charge in [-0.1, -0.05) is 18.2 Å². The fourth-order valence-electron chi connectivity index (χ4n) is 2.56. The summed E-state index contributed by atoms with van der Waals surface area (Å²) in [5.41, 5.74) is 0.807. The number of nitrogens with zero attached hydrogens (tertiary/aromatic N) is 2. The number of hydrogen-bond acceptors (Lipinski definition) is 4. The lowest BCUT2D eigenvalue weighted by Gasteiger charge is -2.11. The van der Waals surface area contributed by atoms with Crippen molar-refractivity contribution in [1.82, 2.24) is 15.1 Å². The summed E-state index contributed by atoms with van der Waals surface area (Å²) in [6.07, 6.45) is 2.70. The van der Waals surface area contributed by atoms with Gasteiger partial charge in [0, 0.05) is 37.9 Å². The lowest BCUT2D eigenvalue weighted by atomic mass is 10.2. The fourth-order valence-corrected chi connectivity index (χ4v) is 2.56. The van der Waals surface area contributed by atoms with Crippen molar-refractivity contribution in [2.45, 2.75) is 25.9 Å². The number of rotatable bonds is 7.